The van der Waals surface area contributed by atoms with Gasteiger partial charge in [-0.3, -0.25) is 0 Å². The van der Waals surface area contributed by atoms with Crippen LogP contribution in [0.1, 0.15) is 44.7 Å². The van der Waals surface area contributed by atoms with Gasteiger partial charge in [0.25, 0.3) is 0 Å². The fraction of sp³-hybridized carbons (Fsp3) is 0.400. The van der Waals surface area contributed by atoms with Crippen LogP contribution in [0, 0.1) is 0 Å². The Hall–Kier alpha value is -2.22. The van der Waals surface area contributed by atoms with Gasteiger partial charge in [-0.15, -0.1) is 0 Å². The molecule has 0 aliphatic heterocycles. The predicted molar refractivity (Wildman–Crippen MR) is 84.7 cm³/mol. The Bertz CT molecular complexity index is 917. The minimum atomic E-state index is -3.75. The quantitative estimate of drug-likeness (QED) is 0.790. The first-order chi connectivity index (χ1) is 10.7. The van der Waals surface area contributed by atoms with E-state index in [-0.39, 0.29) is 16.5 Å². The third kappa shape index (κ3) is 2.74. The minimum Gasteiger partial charge on any atom is -0.338 e. The maximum Gasteiger partial charge on any atom is 0.245 e. The van der Waals surface area contributed by atoms with Crippen molar-refractivity contribution in [2.45, 2.75) is 43.5 Å². The summed E-state index contributed by atoms with van der Waals surface area (Å²) < 4.78 is 30.6. The molecule has 0 amide bonds. The van der Waals surface area contributed by atoms with Crippen molar-refractivity contribution in [3.8, 4) is 0 Å². The van der Waals surface area contributed by atoms with E-state index in [2.05, 4.69) is 20.1 Å². The van der Waals surface area contributed by atoms with Crippen LogP contribution in [0.15, 0.2) is 33.9 Å². The zero-order valence-electron chi connectivity index (χ0n) is 13.4. The zero-order chi connectivity index (χ0) is 16.8. The Labute approximate surface area is 134 Å². The number of hydrogen-bond donors (Lipinski definition) is 1. The summed E-state index contributed by atoms with van der Waals surface area (Å²) in [6.45, 7) is 7.31. The molecule has 8 heteroatoms. The molecule has 0 aliphatic rings. The molecule has 0 radical (unpaired) electrons. The van der Waals surface area contributed by atoms with Crippen molar-refractivity contribution in [3.63, 3.8) is 0 Å². The zero-order valence-corrected chi connectivity index (χ0v) is 14.2. The van der Waals surface area contributed by atoms with Crippen molar-refractivity contribution in [2.24, 2.45) is 0 Å². The van der Waals surface area contributed by atoms with Crippen LogP contribution in [-0.4, -0.2) is 28.5 Å². The largest absolute Gasteiger partial charge is 0.338 e. The average Bonchev–Trinajstić information content (AvgIpc) is 3.12. The van der Waals surface area contributed by atoms with Crippen LogP contribution >= 0.6 is 0 Å². The van der Waals surface area contributed by atoms with E-state index in [4.69, 9.17) is 4.52 Å². The standard InChI is InChI=1S/C15H18N4O3S/c1-9(12-18-13(19-22-12)15(2,3)4)23(20,21)14-16-10-7-5-6-8-11(10)17-14/h5-9H,1-4H3,(H,16,17). The monoisotopic (exact) mass is 334 g/mol. The number of H-pyrrole nitrogens is 1. The maximum atomic E-state index is 12.7. The number of para-hydroxylation sites is 2. The number of rotatable bonds is 3. The van der Waals surface area contributed by atoms with Crippen molar-refractivity contribution in [2.75, 3.05) is 0 Å². The van der Waals surface area contributed by atoms with Gasteiger partial charge in [-0.25, -0.2) is 13.4 Å². The first-order valence-corrected chi connectivity index (χ1v) is 8.77. The second-order valence-corrected chi connectivity index (χ2v) is 8.64. The van der Waals surface area contributed by atoms with Crippen LogP contribution < -0.4 is 0 Å². The Morgan fingerprint density at radius 3 is 2.48 bits per heavy atom. The summed E-state index contributed by atoms with van der Waals surface area (Å²) >= 11 is 0. The fourth-order valence-corrected chi connectivity index (χ4v) is 3.24. The smallest absolute Gasteiger partial charge is 0.245 e. The van der Waals surface area contributed by atoms with Crippen molar-refractivity contribution >= 4 is 20.9 Å². The van der Waals surface area contributed by atoms with E-state index in [1.54, 1.807) is 18.2 Å². The number of aromatic amines is 1. The van der Waals surface area contributed by atoms with E-state index in [1.807, 2.05) is 26.8 Å². The van der Waals surface area contributed by atoms with Crippen molar-refractivity contribution in [1.29, 1.82) is 0 Å². The van der Waals surface area contributed by atoms with Gasteiger partial charge < -0.3 is 9.51 Å². The molecule has 0 fully saturated rings. The third-order valence-electron chi connectivity index (χ3n) is 3.56. The van der Waals surface area contributed by atoms with Gasteiger partial charge in [0.1, 0.15) is 5.25 Å². The highest BCUT2D eigenvalue weighted by Crippen LogP contribution is 2.29. The number of nitrogens with one attached hydrogen (secondary N) is 1. The van der Waals surface area contributed by atoms with Crippen LogP contribution in [-0.2, 0) is 15.3 Å². The minimum absolute atomic E-state index is 0.0652. The van der Waals surface area contributed by atoms with Gasteiger partial charge in [-0.2, -0.15) is 4.98 Å². The molecule has 1 unspecified atom stereocenters. The molecule has 0 saturated carbocycles. The van der Waals surface area contributed by atoms with Gasteiger partial charge in [-0.05, 0) is 19.1 Å². The summed E-state index contributed by atoms with van der Waals surface area (Å²) in [7, 11) is -3.75. The molecule has 2 heterocycles. The summed E-state index contributed by atoms with van der Waals surface area (Å²) in [5.41, 5.74) is 0.947. The Balaban J connectivity index is 2.00. The Kier molecular flexibility index (Phi) is 3.51. The highest BCUT2D eigenvalue weighted by Gasteiger charge is 2.33. The highest BCUT2D eigenvalue weighted by molar-refractivity contribution is 7.91. The van der Waals surface area contributed by atoms with E-state index < -0.39 is 15.1 Å². The second kappa shape index (κ2) is 5.16. The molecule has 1 aromatic carbocycles. The molecule has 0 spiro atoms. The molecule has 122 valence electrons. The van der Waals surface area contributed by atoms with E-state index >= 15 is 0 Å². The lowest BCUT2D eigenvalue weighted by molar-refractivity contribution is 0.361. The summed E-state index contributed by atoms with van der Waals surface area (Å²) in [6, 6.07) is 7.14. The number of nitrogens with zero attached hydrogens (tertiary/aromatic N) is 3. The van der Waals surface area contributed by atoms with Gasteiger partial charge in [-0.1, -0.05) is 38.1 Å². The number of benzene rings is 1. The number of aromatic nitrogens is 4. The van der Waals surface area contributed by atoms with E-state index in [9.17, 15) is 8.42 Å². The lowest BCUT2D eigenvalue weighted by Gasteiger charge is -2.11. The molecule has 3 rings (SSSR count). The van der Waals surface area contributed by atoms with E-state index in [0.717, 1.165) is 0 Å². The van der Waals surface area contributed by atoms with Crippen molar-refractivity contribution in [3.05, 3.63) is 36.0 Å². The second-order valence-electron chi connectivity index (χ2n) is 6.45. The first-order valence-electron chi connectivity index (χ1n) is 7.22. The molecule has 1 atom stereocenters. The molecular weight excluding hydrogens is 316 g/mol. The number of hydrogen-bond acceptors (Lipinski definition) is 6. The lowest BCUT2D eigenvalue weighted by atomic mass is 9.96. The first kappa shape index (κ1) is 15.7. The summed E-state index contributed by atoms with van der Waals surface area (Å²) in [6.07, 6.45) is 0. The van der Waals surface area contributed by atoms with Gasteiger partial charge >= 0.3 is 0 Å². The highest BCUT2D eigenvalue weighted by atomic mass is 32.2. The summed E-state index contributed by atoms with van der Waals surface area (Å²) in [5.74, 6) is 0.537. The molecule has 0 bridgehead atoms. The van der Waals surface area contributed by atoms with E-state index in [1.165, 1.54) is 6.92 Å². The molecule has 0 saturated heterocycles. The normalized spacial score (nSPS) is 14.3. The van der Waals surface area contributed by atoms with Crippen LogP contribution in [0.4, 0.5) is 0 Å². The molecule has 23 heavy (non-hydrogen) atoms. The summed E-state index contributed by atoms with van der Waals surface area (Å²) in [5, 5.41) is 2.80. The number of fused-ring (bicyclic) bond motifs is 1. The van der Waals surface area contributed by atoms with Gasteiger partial charge in [0.2, 0.25) is 20.9 Å². The molecule has 2 aromatic heterocycles. The predicted octanol–water partition coefficient (Wildman–Crippen LogP) is 2.78. The van der Waals surface area contributed by atoms with Gasteiger partial charge in [0, 0.05) is 5.41 Å². The Morgan fingerprint density at radius 2 is 1.87 bits per heavy atom. The van der Waals surface area contributed by atoms with E-state index in [0.29, 0.717) is 16.9 Å². The molecule has 0 aliphatic carbocycles. The number of imidazole rings is 1. The SMILES string of the molecule is CC(c1nc(C(C)(C)C)no1)S(=O)(=O)c1nc2ccccc2[nH]1. The fourth-order valence-electron chi connectivity index (χ4n) is 2.07. The molecule has 3 aromatic rings. The molecule has 7 nitrogen and oxygen atoms in total. The summed E-state index contributed by atoms with van der Waals surface area (Å²) in [4.78, 5) is 11.2. The topological polar surface area (TPSA) is 102 Å². The van der Waals surface area contributed by atoms with Gasteiger partial charge in [0.15, 0.2) is 5.82 Å². The lowest BCUT2D eigenvalue weighted by Crippen LogP contribution is -2.15. The Morgan fingerprint density at radius 1 is 1.17 bits per heavy atom. The molecular formula is C15H18N4O3S. The number of sulfone groups is 1. The third-order valence-corrected chi connectivity index (χ3v) is 5.43. The van der Waals surface area contributed by atoms with Crippen LogP contribution in [0.2, 0.25) is 0 Å². The van der Waals surface area contributed by atoms with Crippen molar-refractivity contribution < 1.29 is 12.9 Å². The van der Waals surface area contributed by atoms with Gasteiger partial charge in [0.05, 0.1) is 11.0 Å². The van der Waals surface area contributed by atoms with Crippen LogP contribution in [0.5, 0.6) is 0 Å². The van der Waals surface area contributed by atoms with Crippen LogP contribution in [0.3, 0.4) is 0 Å². The van der Waals surface area contributed by atoms with Crippen LogP contribution in [0.25, 0.3) is 11.0 Å². The average molecular weight is 334 g/mol. The maximum absolute atomic E-state index is 12.7. The molecule has 1 N–H and O–H groups in total. The van der Waals surface area contributed by atoms with Crippen molar-refractivity contribution in [1.82, 2.24) is 20.1 Å².